The van der Waals surface area contributed by atoms with E-state index in [9.17, 15) is 18.8 Å². The van der Waals surface area contributed by atoms with Crippen LogP contribution >= 0.6 is 0 Å². The van der Waals surface area contributed by atoms with E-state index in [-0.39, 0.29) is 18.3 Å². The second-order valence-corrected chi connectivity index (χ2v) is 9.06. The second-order valence-electron chi connectivity index (χ2n) is 9.06. The van der Waals surface area contributed by atoms with Crippen LogP contribution in [-0.2, 0) is 11.2 Å². The first-order valence-corrected chi connectivity index (χ1v) is 12.1. The van der Waals surface area contributed by atoms with Gasteiger partial charge in [0, 0.05) is 50.4 Å². The van der Waals surface area contributed by atoms with Gasteiger partial charge in [-0.3, -0.25) is 14.6 Å². The van der Waals surface area contributed by atoms with E-state index < -0.39 is 18.0 Å². The zero-order valence-electron chi connectivity index (χ0n) is 21.2. The van der Waals surface area contributed by atoms with Gasteiger partial charge in [-0.1, -0.05) is 12.1 Å². The Balaban J connectivity index is 1.28. The monoisotopic (exact) mass is 528 g/mol. The number of nitrogens with zero attached hydrogens (tertiary/aromatic N) is 5. The number of likely N-dealkylation sites (N-methyl/N-ethyl adjacent to an activating group) is 1. The number of benzene rings is 2. The minimum absolute atomic E-state index is 0.108. The first kappa shape index (κ1) is 25.6. The standard InChI is InChI=1S/C28H25FN6O4/c1-33(22-8-10-30-11-9-22)26(36)20-6-7-25-24(14-20)34(2)27(37)23(17-39-25)32-28(38)35-16-19(15-31-35)12-18-4-3-5-21(29)13-18/h3-11,13-16,23H,12,17H2,1-2H3,(H,32,38)/t23-/m0/s1. The Morgan fingerprint density at radius 2 is 1.92 bits per heavy atom. The number of carbonyl (C=O) groups excluding carboxylic acids is 3. The number of hydrogen-bond acceptors (Lipinski definition) is 6. The first-order chi connectivity index (χ1) is 18.8. The third-order valence-electron chi connectivity index (χ3n) is 6.40. The lowest BCUT2D eigenvalue weighted by Crippen LogP contribution is -2.50. The van der Waals surface area contributed by atoms with Crippen LogP contribution in [0.2, 0.25) is 0 Å². The Hall–Kier alpha value is -5.06. The molecule has 198 valence electrons. The Morgan fingerprint density at radius 1 is 1.13 bits per heavy atom. The molecule has 0 bridgehead atoms. The van der Waals surface area contributed by atoms with Crippen molar-refractivity contribution >= 4 is 29.2 Å². The van der Waals surface area contributed by atoms with Crippen molar-refractivity contribution in [1.82, 2.24) is 20.1 Å². The molecule has 0 radical (unpaired) electrons. The van der Waals surface area contributed by atoms with Gasteiger partial charge in [-0.05, 0) is 53.6 Å². The summed E-state index contributed by atoms with van der Waals surface area (Å²) in [6, 6.07) is 12.9. The summed E-state index contributed by atoms with van der Waals surface area (Å²) in [4.78, 5) is 46.0. The Labute approximate surface area is 223 Å². The quantitative estimate of drug-likeness (QED) is 0.426. The molecule has 4 aromatic rings. The number of hydrogen-bond donors (Lipinski definition) is 1. The summed E-state index contributed by atoms with van der Waals surface area (Å²) in [7, 11) is 3.21. The van der Waals surface area contributed by atoms with E-state index in [4.69, 9.17) is 4.74 Å². The minimum atomic E-state index is -0.996. The summed E-state index contributed by atoms with van der Waals surface area (Å²) in [5.74, 6) is -0.623. The molecule has 1 atom stereocenters. The fourth-order valence-corrected chi connectivity index (χ4v) is 4.27. The van der Waals surface area contributed by atoms with Crippen LogP contribution in [-0.4, -0.2) is 59.4 Å². The molecule has 1 aliphatic heterocycles. The summed E-state index contributed by atoms with van der Waals surface area (Å²) >= 11 is 0. The number of aromatic nitrogens is 3. The van der Waals surface area contributed by atoms with Gasteiger partial charge in [0.15, 0.2) is 0 Å². The van der Waals surface area contributed by atoms with Crippen LogP contribution in [0.25, 0.3) is 0 Å². The van der Waals surface area contributed by atoms with Crippen molar-refractivity contribution in [3.8, 4) is 5.75 Å². The highest BCUT2D eigenvalue weighted by Crippen LogP contribution is 2.32. The van der Waals surface area contributed by atoms with E-state index in [2.05, 4.69) is 15.4 Å². The molecule has 2 aromatic carbocycles. The third kappa shape index (κ3) is 5.47. The van der Waals surface area contributed by atoms with Crippen LogP contribution < -0.4 is 19.9 Å². The molecule has 10 nitrogen and oxygen atoms in total. The number of ether oxygens (including phenoxy) is 1. The number of rotatable bonds is 5. The van der Waals surface area contributed by atoms with E-state index in [1.54, 1.807) is 69.0 Å². The summed E-state index contributed by atoms with van der Waals surface area (Å²) in [5, 5.41) is 6.74. The molecule has 0 saturated carbocycles. The minimum Gasteiger partial charge on any atom is -0.489 e. The molecule has 11 heteroatoms. The second kappa shape index (κ2) is 10.7. The number of anilines is 2. The maximum atomic E-state index is 13.5. The van der Waals surface area contributed by atoms with Gasteiger partial charge in [0.2, 0.25) is 0 Å². The van der Waals surface area contributed by atoms with Crippen molar-refractivity contribution in [1.29, 1.82) is 0 Å². The van der Waals surface area contributed by atoms with Crippen molar-refractivity contribution in [2.45, 2.75) is 12.5 Å². The first-order valence-electron chi connectivity index (χ1n) is 12.1. The number of nitrogens with one attached hydrogen (secondary N) is 1. The normalized spacial score (nSPS) is 14.7. The zero-order valence-corrected chi connectivity index (χ0v) is 21.2. The third-order valence-corrected chi connectivity index (χ3v) is 6.40. The Bertz CT molecular complexity index is 1540. The number of fused-ring (bicyclic) bond motifs is 1. The van der Waals surface area contributed by atoms with Gasteiger partial charge >= 0.3 is 6.03 Å². The highest BCUT2D eigenvalue weighted by atomic mass is 19.1. The van der Waals surface area contributed by atoms with Crippen molar-refractivity contribution in [2.75, 3.05) is 30.5 Å². The number of carbonyl (C=O) groups is 3. The van der Waals surface area contributed by atoms with Gasteiger partial charge in [-0.25, -0.2) is 9.18 Å². The van der Waals surface area contributed by atoms with E-state index >= 15 is 0 Å². The number of pyridine rings is 1. The molecule has 3 amide bonds. The van der Waals surface area contributed by atoms with Gasteiger partial charge in [-0.15, -0.1) is 0 Å². The van der Waals surface area contributed by atoms with Crippen molar-refractivity contribution in [3.05, 3.63) is 102 Å². The van der Waals surface area contributed by atoms with Crippen molar-refractivity contribution < 1.29 is 23.5 Å². The van der Waals surface area contributed by atoms with E-state index in [0.29, 0.717) is 34.7 Å². The molecule has 0 unspecified atom stereocenters. The molecule has 2 aromatic heterocycles. The van der Waals surface area contributed by atoms with Gasteiger partial charge < -0.3 is 19.9 Å². The van der Waals surface area contributed by atoms with Crippen molar-refractivity contribution in [3.63, 3.8) is 0 Å². The molecule has 3 heterocycles. The molecule has 0 aliphatic carbocycles. The summed E-state index contributed by atoms with van der Waals surface area (Å²) < 4.78 is 20.4. The lowest BCUT2D eigenvalue weighted by atomic mass is 10.1. The topological polar surface area (TPSA) is 110 Å². The number of halogens is 1. The van der Waals surface area contributed by atoms with Crippen LogP contribution in [0.5, 0.6) is 5.75 Å². The number of amides is 3. The van der Waals surface area contributed by atoms with Crippen LogP contribution in [0.3, 0.4) is 0 Å². The predicted octanol–water partition coefficient (Wildman–Crippen LogP) is 3.27. The molecule has 0 spiro atoms. The van der Waals surface area contributed by atoms with Gasteiger partial charge in [0.25, 0.3) is 11.8 Å². The van der Waals surface area contributed by atoms with E-state index in [1.807, 2.05) is 0 Å². The molecule has 39 heavy (non-hydrogen) atoms. The lowest BCUT2D eigenvalue weighted by Gasteiger charge is -2.21. The molecule has 0 saturated heterocycles. The average molecular weight is 529 g/mol. The van der Waals surface area contributed by atoms with E-state index in [1.165, 1.54) is 34.3 Å². The molecule has 1 aliphatic rings. The molecular formula is C28H25FN6O4. The van der Waals surface area contributed by atoms with Crippen LogP contribution in [0, 0.1) is 5.82 Å². The molecule has 0 fully saturated rings. The zero-order chi connectivity index (χ0) is 27.5. The fourth-order valence-electron chi connectivity index (χ4n) is 4.27. The Kier molecular flexibility index (Phi) is 7.04. The Morgan fingerprint density at radius 3 is 2.69 bits per heavy atom. The molecule has 1 N–H and O–H groups in total. The summed E-state index contributed by atoms with van der Waals surface area (Å²) in [6.45, 7) is -0.108. The summed E-state index contributed by atoms with van der Waals surface area (Å²) in [6.07, 6.45) is 6.63. The largest absolute Gasteiger partial charge is 0.489 e. The van der Waals surface area contributed by atoms with Gasteiger partial charge in [0.1, 0.15) is 24.2 Å². The van der Waals surface area contributed by atoms with Crippen LogP contribution in [0.15, 0.2) is 79.4 Å². The smallest absolute Gasteiger partial charge is 0.342 e. The molecule has 5 rings (SSSR count). The highest BCUT2D eigenvalue weighted by Gasteiger charge is 2.32. The fraction of sp³-hybridized carbons (Fsp3) is 0.179. The lowest BCUT2D eigenvalue weighted by molar-refractivity contribution is -0.120. The average Bonchev–Trinajstić information content (AvgIpc) is 3.38. The maximum Gasteiger partial charge on any atom is 0.342 e. The molecular weight excluding hydrogens is 503 g/mol. The van der Waals surface area contributed by atoms with Crippen molar-refractivity contribution in [2.24, 2.45) is 0 Å². The SMILES string of the molecule is CN(C(=O)c1ccc2c(c1)N(C)C(=O)[C@@H](NC(=O)n1cc(Cc3cccc(F)c3)cn1)CO2)c1ccncc1. The summed E-state index contributed by atoms with van der Waals surface area (Å²) in [5.41, 5.74) is 2.89. The predicted molar refractivity (Wildman–Crippen MR) is 141 cm³/mol. The van der Waals surface area contributed by atoms with Gasteiger partial charge in [-0.2, -0.15) is 9.78 Å². The van der Waals surface area contributed by atoms with E-state index in [0.717, 1.165) is 10.2 Å². The van der Waals surface area contributed by atoms with Crippen LogP contribution in [0.4, 0.5) is 20.6 Å². The van der Waals surface area contributed by atoms with Crippen LogP contribution in [0.1, 0.15) is 21.5 Å². The van der Waals surface area contributed by atoms with Gasteiger partial charge in [0.05, 0.1) is 11.9 Å². The highest BCUT2D eigenvalue weighted by molar-refractivity contribution is 6.08. The maximum absolute atomic E-state index is 13.5.